The molecular formula is C22H25FN2O2. The van der Waals surface area contributed by atoms with Crippen molar-refractivity contribution < 1.29 is 14.0 Å². The molecule has 0 N–H and O–H groups in total. The smallest absolute Gasteiger partial charge is 0.228 e. The van der Waals surface area contributed by atoms with Crippen molar-refractivity contribution in [2.45, 2.75) is 32.4 Å². The van der Waals surface area contributed by atoms with Gasteiger partial charge in [-0.3, -0.25) is 9.59 Å². The summed E-state index contributed by atoms with van der Waals surface area (Å²) in [7, 11) is 1.76. The maximum absolute atomic E-state index is 14.5. The van der Waals surface area contributed by atoms with Crippen molar-refractivity contribution in [2.75, 3.05) is 13.6 Å². The zero-order valence-corrected chi connectivity index (χ0v) is 15.8. The molecule has 0 spiro atoms. The summed E-state index contributed by atoms with van der Waals surface area (Å²) in [5, 5.41) is 0. The van der Waals surface area contributed by atoms with Gasteiger partial charge in [-0.15, -0.1) is 0 Å². The van der Waals surface area contributed by atoms with Gasteiger partial charge in [0.15, 0.2) is 0 Å². The lowest BCUT2D eigenvalue weighted by molar-refractivity contribution is -0.147. The predicted molar refractivity (Wildman–Crippen MR) is 102 cm³/mol. The lowest BCUT2D eigenvalue weighted by Gasteiger charge is -2.41. The van der Waals surface area contributed by atoms with Crippen LogP contribution in [0.15, 0.2) is 54.6 Å². The maximum atomic E-state index is 14.5. The lowest BCUT2D eigenvalue weighted by atomic mass is 9.83. The van der Waals surface area contributed by atoms with Gasteiger partial charge in [-0.1, -0.05) is 48.5 Å². The number of halogens is 1. The summed E-state index contributed by atoms with van der Waals surface area (Å²) in [5.41, 5.74) is 1.45. The number of hydrogen-bond acceptors (Lipinski definition) is 2. The van der Waals surface area contributed by atoms with Gasteiger partial charge < -0.3 is 9.80 Å². The molecule has 142 valence electrons. The number of rotatable bonds is 5. The second-order valence-corrected chi connectivity index (χ2v) is 6.97. The number of hydrogen-bond donors (Lipinski definition) is 0. The van der Waals surface area contributed by atoms with Crippen LogP contribution >= 0.6 is 0 Å². The van der Waals surface area contributed by atoms with Gasteiger partial charge in [0, 0.05) is 32.1 Å². The fraction of sp³-hybridized carbons (Fsp3) is 0.364. The molecule has 0 radical (unpaired) electrons. The van der Waals surface area contributed by atoms with Gasteiger partial charge in [-0.05, 0) is 25.0 Å². The maximum Gasteiger partial charge on any atom is 0.228 e. The molecule has 0 aromatic heterocycles. The van der Waals surface area contributed by atoms with Crippen LogP contribution in [0.25, 0.3) is 0 Å². The monoisotopic (exact) mass is 368 g/mol. The molecule has 0 aliphatic carbocycles. The molecular weight excluding hydrogens is 343 g/mol. The number of nitrogens with zero attached hydrogens (tertiary/aromatic N) is 2. The van der Waals surface area contributed by atoms with E-state index >= 15 is 0 Å². The summed E-state index contributed by atoms with van der Waals surface area (Å²) in [5.74, 6) is -0.911. The van der Waals surface area contributed by atoms with E-state index in [-0.39, 0.29) is 17.6 Å². The Kier molecular flexibility index (Phi) is 5.89. The van der Waals surface area contributed by atoms with Crippen LogP contribution in [0, 0.1) is 11.7 Å². The first kappa shape index (κ1) is 19.1. The Labute approximate surface area is 159 Å². The summed E-state index contributed by atoms with van der Waals surface area (Å²) in [6, 6.07) is 15.6. The number of carbonyl (C=O) groups is 2. The van der Waals surface area contributed by atoms with Crippen molar-refractivity contribution in [3.63, 3.8) is 0 Å². The van der Waals surface area contributed by atoms with Crippen LogP contribution < -0.4 is 0 Å². The Morgan fingerprint density at radius 3 is 2.48 bits per heavy atom. The summed E-state index contributed by atoms with van der Waals surface area (Å²) in [4.78, 5) is 29.0. The Morgan fingerprint density at radius 1 is 1.15 bits per heavy atom. The molecule has 1 fully saturated rings. The van der Waals surface area contributed by atoms with E-state index < -0.39 is 12.0 Å². The molecule has 3 rings (SSSR count). The number of likely N-dealkylation sites (tertiary alicyclic amines) is 1. The van der Waals surface area contributed by atoms with E-state index in [0.29, 0.717) is 31.5 Å². The van der Waals surface area contributed by atoms with Gasteiger partial charge in [-0.2, -0.15) is 0 Å². The third kappa shape index (κ3) is 4.02. The van der Waals surface area contributed by atoms with Crippen molar-refractivity contribution in [3.8, 4) is 0 Å². The van der Waals surface area contributed by atoms with Crippen LogP contribution in [0.4, 0.5) is 4.39 Å². The first-order chi connectivity index (χ1) is 13.0. The number of benzene rings is 2. The molecule has 0 unspecified atom stereocenters. The third-order valence-electron chi connectivity index (χ3n) is 5.23. The van der Waals surface area contributed by atoms with Crippen molar-refractivity contribution >= 4 is 11.8 Å². The zero-order valence-electron chi connectivity index (χ0n) is 15.8. The standard InChI is InChI=1S/C22H25FN2O2/c1-3-25-20(26)14-13-18(21(25)17-11-7-8-12-19(17)23)22(27)24(2)15-16-9-5-4-6-10-16/h4-12,18,21H,3,13-15H2,1-2H3/t18-,21+/m1/s1. The Balaban J connectivity index is 1.90. The fourth-order valence-electron chi connectivity index (χ4n) is 3.90. The average Bonchev–Trinajstić information content (AvgIpc) is 2.68. The highest BCUT2D eigenvalue weighted by atomic mass is 19.1. The summed E-state index contributed by atoms with van der Waals surface area (Å²) in [6.07, 6.45) is 0.751. The highest BCUT2D eigenvalue weighted by Gasteiger charge is 2.41. The first-order valence-corrected chi connectivity index (χ1v) is 9.35. The number of carbonyl (C=O) groups excluding carboxylic acids is 2. The molecule has 1 saturated heterocycles. The molecule has 2 aromatic rings. The van der Waals surface area contributed by atoms with E-state index in [1.165, 1.54) is 6.07 Å². The quantitative estimate of drug-likeness (QED) is 0.806. The van der Waals surface area contributed by atoms with Crippen LogP contribution in [-0.2, 0) is 16.1 Å². The Hall–Kier alpha value is -2.69. The predicted octanol–water partition coefficient (Wildman–Crippen LogP) is 3.78. The van der Waals surface area contributed by atoms with Crippen molar-refractivity contribution in [2.24, 2.45) is 5.92 Å². The van der Waals surface area contributed by atoms with Crippen molar-refractivity contribution in [1.29, 1.82) is 0 Å². The van der Waals surface area contributed by atoms with Crippen molar-refractivity contribution in [3.05, 3.63) is 71.5 Å². The topological polar surface area (TPSA) is 40.6 Å². The molecule has 2 amide bonds. The van der Waals surface area contributed by atoms with Crippen LogP contribution in [0.5, 0.6) is 0 Å². The van der Waals surface area contributed by atoms with Crippen molar-refractivity contribution in [1.82, 2.24) is 9.80 Å². The Bertz CT molecular complexity index is 809. The normalized spacial score (nSPS) is 19.8. The van der Waals surface area contributed by atoms with E-state index in [2.05, 4.69) is 0 Å². The number of amides is 2. The molecule has 0 saturated carbocycles. The van der Waals surface area contributed by atoms with E-state index in [4.69, 9.17) is 0 Å². The zero-order chi connectivity index (χ0) is 19.4. The molecule has 1 aliphatic rings. The first-order valence-electron chi connectivity index (χ1n) is 9.35. The largest absolute Gasteiger partial charge is 0.341 e. The van der Waals surface area contributed by atoms with Crippen LogP contribution in [0.3, 0.4) is 0 Å². The minimum absolute atomic E-state index is 0.0273. The molecule has 4 nitrogen and oxygen atoms in total. The van der Waals surface area contributed by atoms with Gasteiger partial charge in [0.1, 0.15) is 5.82 Å². The summed E-state index contributed by atoms with van der Waals surface area (Å²) < 4.78 is 14.5. The van der Waals surface area contributed by atoms with Crippen LogP contribution in [0.1, 0.15) is 36.9 Å². The highest BCUT2D eigenvalue weighted by Crippen LogP contribution is 2.38. The molecule has 2 atom stereocenters. The third-order valence-corrected chi connectivity index (χ3v) is 5.23. The van der Waals surface area contributed by atoms with Crippen LogP contribution in [-0.4, -0.2) is 35.2 Å². The van der Waals surface area contributed by atoms with E-state index in [1.807, 2.05) is 37.3 Å². The minimum atomic E-state index is -0.567. The molecule has 27 heavy (non-hydrogen) atoms. The molecule has 1 heterocycles. The van der Waals surface area contributed by atoms with E-state index in [9.17, 15) is 14.0 Å². The van der Waals surface area contributed by atoms with E-state index in [0.717, 1.165) is 5.56 Å². The average molecular weight is 368 g/mol. The minimum Gasteiger partial charge on any atom is -0.341 e. The Morgan fingerprint density at radius 2 is 1.81 bits per heavy atom. The summed E-state index contributed by atoms with van der Waals surface area (Å²) in [6.45, 7) is 2.80. The van der Waals surface area contributed by atoms with Gasteiger partial charge in [0.25, 0.3) is 0 Å². The van der Waals surface area contributed by atoms with E-state index in [1.54, 1.807) is 35.0 Å². The van der Waals surface area contributed by atoms with Crippen LogP contribution in [0.2, 0.25) is 0 Å². The fourth-order valence-corrected chi connectivity index (χ4v) is 3.90. The van der Waals surface area contributed by atoms with Gasteiger partial charge in [-0.25, -0.2) is 4.39 Å². The SMILES string of the molecule is CCN1C(=O)CC[C@@H](C(=O)N(C)Cc2ccccc2)[C@@H]1c1ccccc1F. The van der Waals surface area contributed by atoms with Gasteiger partial charge in [0.2, 0.25) is 11.8 Å². The summed E-state index contributed by atoms with van der Waals surface area (Å²) >= 11 is 0. The van der Waals surface area contributed by atoms with Gasteiger partial charge in [0.05, 0.1) is 12.0 Å². The molecule has 0 bridgehead atoms. The number of piperidine rings is 1. The highest BCUT2D eigenvalue weighted by molar-refractivity contribution is 5.85. The second-order valence-electron chi connectivity index (χ2n) is 6.97. The molecule has 1 aliphatic heterocycles. The molecule has 5 heteroatoms. The van der Waals surface area contributed by atoms with Gasteiger partial charge >= 0.3 is 0 Å². The second kappa shape index (κ2) is 8.33. The lowest BCUT2D eigenvalue weighted by Crippen LogP contribution is -2.48. The molecule has 2 aromatic carbocycles.